The van der Waals surface area contributed by atoms with Crippen LogP contribution in [0.2, 0.25) is 5.02 Å². The first-order valence-corrected chi connectivity index (χ1v) is 6.32. The molecule has 0 aliphatic heterocycles. The van der Waals surface area contributed by atoms with E-state index in [4.69, 9.17) is 11.6 Å². The molecule has 0 spiro atoms. The summed E-state index contributed by atoms with van der Waals surface area (Å²) in [7, 11) is 0. The topological polar surface area (TPSA) is 17.1 Å². The van der Waals surface area contributed by atoms with E-state index in [9.17, 15) is 4.79 Å². The zero-order valence-electron chi connectivity index (χ0n) is 8.30. The molecule has 0 N–H and O–H groups in total. The van der Waals surface area contributed by atoms with E-state index in [1.165, 1.54) is 12.8 Å². The van der Waals surface area contributed by atoms with Crippen molar-refractivity contribution in [2.24, 2.45) is 5.92 Å². The first kappa shape index (κ1) is 11.2. The summed E-state index contributed by atoms with van der Waals surface area (Å²) in [6.07, 6.45) is 4.26. The van der Waals surface area contributed by atoms with Gasteiger partial charge in [0.25, 0.3) is 0 Å². The third-order valence-corrected chi connectivity index (χ3v) is 3.63. The van der Waals surface area contributed by atoms with Crippen LogP contribution in [0.5, 0.6) is 0 Å². The summed E-state index contributed by atoms with van der Waals surface area (Å²) in [4.78, 5) is 11.9. The highest BCUT2D eigenvalue weighted by atomic mass is 79.9. The fourth-order valence-corrected chi connectivity index (χ4v) is 2.23. The van der Waals surface area contributed by atoms with Crippen molar-refractivity contribution in [2.45, 2.75) is 25.7 Å². The zero-order valence-corrected chi connectivity index (χ0v) is 10.6. The number of carbonyl (C=O) groups excluding carboxylic acids is 1. The van der Waals surface area contributed by atoms with Gasteiger partial charge in [-0.25, -0.2) is 0 Å². The molecule has 0 amide bonds. The second-order valence-electron chi connectivity index (χ2n) is 4.03. The summed E-state index contributed by atoms with van der Waals surface area (Å²) in [5, 5.41) is 0.618. The van der Waals surface area contributed by atoms with Crippen LogP contribution >= 0.6 is 27.5 Å². The summed E-state index contributed by atoms with van der Waals surface area (Å²) in [6.45, 7) is 0. The molecule has 2 rings (SSSR count). The lowest BCUT2D eigenvalue weighted by Crippen LogP contribution is -2.00. The molecule has 0 heterocycles. The van der Waals surface area contributed by atoms with Crippen LogP contribution in [0, 0.1) is 5.92 Å². The van der Waals surface area contributed by atoms with Gasteiger partial charge in [-0.2, -0.15) is 0 Å². The Morgan fingerprint density at radius 3 is 2.87 bits per heavy atom. The molecular formula is C12H12BrClO. The first-order chi connectivity index (χ1) is 7.16. The van der Waals surface area contributed by atoms with E-state index in [0.29, 0.717) is 17.0 Å². The Bertz CT molecular complexity index is 385. The minimum atomic E-state index is 0.191. The van der Waals surface area contributed by atoms with Crippen LogP contribution in [0.15, 0.2) is 22.7 Å². The fourth-order valence-electron chi connectivity index (χ4n) is 1.59. The number of hydrogen-bond acceptors (Lipinski definition) is 1. The lowest BCUT2D eigenvalue weighted by Gasteiger charge is -2.03. The average molecular weight is 288 g/mol. The number of hydrogen-bond donors (Lipinski definition) is 0. The molecule has 0 aromatic heterocycles. The SMILES string of the molecule is O=C(CCC1CC1)c1cc(Cl)ccc1Br. The number of halogens is 2. The maximum atomic E-state index is 11.9. The van der Waals surface area contributed by atoms with E-state index >= 15 is 0 Å². The van der Waals surface area contributed by atoms with Gasteiger partial charge >= 0.3 is 0 Å². The maximum Gasteiger partial charge on any atom is 0.164 e. The minimum Gasteiger partial charge on any atom is -0.294 e. The van der Waals surface area contributed by atoms with Crippen LogP contribution in [-0.4, -0.2) is 5.78 Å². The summed E-state index contributed by atoms with van der Waals surface area (Å²) in [5.41, 5.74) is 0.711. The second kappa shape index (κ2) is 4.67. The van der Waals surface area contributed by atoms with E-state index in [1.54, 1.807) is 12.1 Å². The molecule has 0 saturated heterocycles. The normalized spacial score (nSPS) is 15.3. The Morgan fingerprint density at radius 1 is 1.47 bits per heavy atom. The third kappa shape index (κ3) is 3.05. The number of rotatable bonds is 4. The van der Waals surface area contributed by atoms with Crippen molar-refractivity contribution in [2.75, 3.05) is 0 Å². The largest absolute Gasteiger partial charge is 0.294 e. The lowest BCUT2D eigenvalue weighted by atomic mass is 10.1. The molecule has 15 heavy (non-hydrogen) atoms. The number of benzene rings is 1. The van der Waals surface area contributed by atoms with Gasteiger partial charge in [0.1, 0.15) is 0 Å². The molecule has 0 radical (unpaired) electrons. The molecule has 1 nitrogen and oxygen atoms in total. The van der Waals surface area contributed by atoms with E-state index in [2.05, 4.69) is 15.9 Å². The Labute approximate surface area is 103 Å². The van der Waals surface area contributed by atoms with E-state index in [-0.39, 0.29) is 5.78 Å². The monoisotopic (exact) mass is 286 g/mol. The van der Waals surface area contributed by atoms with Gasteiger partial charge in [-0.3, -0.25) is 4.79 Å². The molecule has 1 aromatic carbocycles. The zero-order chi connectivity index (χ0) is 10.8. The number of Topliss-reactive ketones (excluding diaryl/α,β-unsaturated/α-hetero) is 1. The average Bonchev–Trinajstić information content (AvgIpc) is 3.02. The maximum absolute atomic E-state index is 11.9. The lowest BCUT2D eigenvalue weighted by molar-refractivity contribution is 0.0977. The van der Waals surface area contributed by atoms with E-state index in [1.807, 2.05) is 6.07 Å². The van der Waals surface area contributed by atoms with Gasteiger partial charge in [-0.05, 0) is 30.5 Å². The standard InChI is InChI=1S/C12H12BrClO/c13-11-5-4-9(14)7-10(11)12(15)6-3-8-1-2-8/h4-5,7-8H,1-3,6H2. The van der Waals surface area contributed by atoms with E-state index < -0.39 is 0 Å². The second-order valence-corrected chi connectivity index (χ2v) is 5.32. The Hall–Kier alpha value is -0.340. The van der Waals surface area contributed by atoms with Crippen molar-refractivity contribution < 1.29 is 4.79 Å². The van der Waals surface area contributed by atoms with Crippen LogP contribution < -0.4 is 0 Å². The predicted octanol–water partition coefficient (Wildman–Crippen LogP) is 4.48. The highest BCUT2D eigenvalue weighted by Crippen LogP contribution is 2.34. The van der Waals surface area contributed by atoms with Gasteiger partial charge in [0.2, 0.25) is 0 Å². The Morgan fingerprint density at radius 2 is 2.20 bits per heavy atom. The molecule has 1 fully saturated rings. The van der Waals surface area contributed by atoms with Crippen LogP contribution in [-0.2, 0) is 0 Å². The summed E-state index contributed by atoms with van der Waals surface area (Å²) in [6, 6.07) is 5.34. The fraction of sp³-hybridized carbons (Fsp3) is 0.417. The van der Waals surface area contributed by atoms with Crippen LogP contribution in [0.1, 0.15) is 36.0 Å². The van der Waals surface area contributed by atoms with Crippen molar-refractivity contribution in [3.63, 3.8) is 0 Å². The van der Waals surface area contributed by atoms with Gasteiger partial charge in [-0.1, -0.05) is 40.4 Å². The molecule has 0 atom stereocenters. The molecule has 3 heteroatoms. The van der Waals surface area contributed by atoms with Gasteiger partial charge in [0.15, 0.2) is 5.78 Å². The quantitative estimate of drug-likeness (QED) is 0.746. The molecule has 0 unspecified atom stereocenters. The molecule has 1 aromatic rings. The summed E-state index contributed by atoms with van der Waals surface area (Å²) in [5.74, 6) is 0.989. The third-order valence-electron chi connectivity index (χ3n) is 2.71. The van der Waals surface area contributed by atoms with Crippen LogP contribution in [0.25, 0.3) is 0 Å². The number of ketones is 1. The predicted molar refractivity (Wildman–Crippen MR) is 65.4 cm³/mol. The van der Waals surface area contributed by atoms with Gasteiger partial charge < -0.3 is 0 Å². The Balaban J connectivity index is 2.05. The molecule has 1 aliphatic rings. The molecule has 1 aliphatic carbocycles. The summed E-state index contributed by atoms with van der Waals surface area (Å²) < 4.78 is 0.840. The van der Waals surface area contributed by atoms with Crippen LogP contribution in [0.4, 0.5) is 0 Å². The van der Waals surface area contributed by atoms with Crippen molar-refractivity contribution in [3.05, 3.63) is 33.3 Å². The van der Waals surface area contributed by atoms with Crippen molar-refractivity contribution in [3.8, 4) is 0 Å². The minimum absolute atomic E-state index is 0.191. The smallest absolute Gasteiger partial charge is 0.164 e. The highest BCUT2D eigenvalue weighted by Gasteiger charge is 2.22. The summed E-state index contributed by atoms with van der Waals surface area (Å²) >= 11 is 9.24. The van der Waals surface area contributed by atoms with Gasteiger partial charge in [-0.15, -0.1) is 0 Å². The molecular weight excluding hydrogens is 275 g/mol. The molecule has 80 valence electrons. The van der Waals surface area contributed by atoms with Crippen molar-refractivity contribution in [1.29, 1.82) is 0 Å². The highest BCUT2D eigenvalue weighted by molar-refractivity contribution is 9.10. The molecule has 1 saturated carbocycles. The van der Waals surface area contributed by atoms with Crippen LogP contribution in [0.3, 0.4) is 0 Å². The van der Waals surface area contributed by atoms with E-state index in [0.717, 1.165) is 16.8 Å². The first-order valence-electron chi connectivity index (χ1n) is 5.15. The van der Waals surface area contributed by atoms with Gasteiger partial charge in [0.05, 0.1) is 0 Å². The number of carbonyl (C=O) groups is 1. The Kier molecular flexibility index (Phi) is 3.47. The van der Waals surface area contributed by atoms with Gasteiger partial charge in [0, 0.05) is 21.5 Å². The molecule has 0 bridgehead atoms. The van der Waals surface area contributed by atoms with Crippen molar-refractivity contribution >= 4 is 33.3 Å². The van der Waals surface area contributed by atoms with Crippen molar-refractivity contribution in [1.82, 2.24) is 0 Å².